The third-order valence-corrected chi connectivity index (χ3v) is 4.53. The van der Waals surface area contributed by atoms with Crippen LogP contribution in [0.3, 0.4) is 0 Å². The smallest absolute Gasteiger partial charge is 0.310 e. The number of carbonyl (C=O) groups excluding carboxylic acids is 1. The van der Waals surface area contributed by atoms with Crippen molar-refractivity contribution in [2.45, 2.75) is 26.4 Å². The van der Waals surface area contributed by atoms with Crippen LogP contribution in [0.1, 0.15) is 19.6 Å². The maximum atomic E-state index is 11.2. The Morgan fingerprint density at radius 3 is 2.68 bits per heavy atom. The second-order valence-corrected chi connectivity index (χ2v) is 6.64. The molecule has 2 rings (SSSR count). The van der Waals surface area contributed by atoms with Crippen LogP contribution in [0.5, 0.6) is 0 Å². The molecular formula is C13H16N2O2S2. The van der Waals surface area contributed by atoms with Gasteiger partial charge in [-0.2, -0.15) is 0 Å². The van der Waals surface area contributed by atoms with Gasteiger partial charge in [-0.1, -0.05) is 0 Å². The first-order valence-corrected chi connectivity index (χ1v) is 7.57. The van der Waals surface area contributed by atoms with Crippen LogP contribution >= 0.6 is 22.7 Å². The predicted octanol–water partition coefficient (Wildman–Crippen LogP) is 2.52. The molecule has 0 aliphatic rings. The molecule has 0 saturated carbocycles. The first kappa shape index (κ1) is 14.2. The van der Waals surface area contributed by atoms with E-state index < -0.39 is 0 Å². The van der Waals surface area contributed by atoms with Crippen LogP contribution in [0.4, 0.5) is 0 Å². The Morgan fingerprint density at radius 2 is 2.00 bits per heavy atom. The molecule has 0 bridgehead atoms. The molecule has 6 heteroatoms. The Kier molecular flexibility index (Phi) is 5.07. The Bertz CT molecular complexity index is 548. The normalized spacial score (nSPS) is 10.6. The maximum absolute atomic E-state index is 11.2. The summed E-state index contributed by atoms with van der Waals surface area (Å²) in [5, 5.41) is 4.47. The second kappa shape index (κ2) is 6.79. The molecule has 0 spiro atoms. The minimum absolute atomic E-state index is 0.193. The lowest BCUT2D eigenvalue weighted by molar-refractivity contribution is -0.139. The maximum Gasteiger partial charge on any atom is 0.310 e. The van der Waals surface area contributed by atoms with Crippen molar-refractivity contribution in [2.24, 2.45) is 0 Å². The highest BCUT2D eigenvalue weighted by Crippen LogP contribution is 2.18. The number of thiophene rings is 1. The summed E-state index contributed by atoms with van der Waals surface area (Å²) in [5.74, 6) is -0.193. The standard InChI is InChI=1S/C13H16N2O2S2/c1-9-15-8-12(18-9)7-14-6-11-4-3-10(19-11)5-13(16)17-2/h3-4,8,14H,5-7H2,1-2H3. The molecule has 0 aromatic carbocycles. The molecule has 1 N–H and O–H groups in total. The SMILES string of the molecule is COC(=O)Cc1ccc(CNCc2cnc(C)s2)s1. The zero-order chi connectivity index (χ0) is 13.7. The number of esters is 1. The van der Waals surface area contributed by atoms with E-state index in [4.69, 9.17) is 0 Å². The molecule has 0 radical (unpaired) electrons. The zero-order valence-corrected chi connectivity index (χ0v) is 12.6. The van der Waals surface area contributed by atoms with Crippen molar-refractivity contribution in [3.8, 4) is 0 Å². The number of methoxy groups -OCH3 is 1. The van der Waals surface area contributed by atoms with Gasteiger partial charge in [0.15, 0.2) is 0 Å². The number of ether oxygens (including phenoxy) is 1. The number of aryl methyl sites for hydroxylation is 1. The van der Waals surface area contributed by atoms with E-state index in [1.165, 1.54) is 16.9 Å². The van der Waals surface area contributed by atoms with E-state index in [-0.39, 0.29) is 5.97 Å². The summed E-state index contributed by atoms with van der Waals surface area (Å²) >= 11 is 3.35. The molecule has 0 atom stereocenters. The highest BCUT2D eigenvalue weighted by atomic mass is 32.1. The van der Waals surface area contributed by atoms with Crippen molar-refractivity contribution < 1.29 is 9.53 Å². The number of hydrogen-bond donors (Lipinski definition) is 1. The van der Waals surface area contributed by atoms with Crippen molar-refractivity contribution >= 4 is 28.6 Å². The van der Waals surface area contributed by atoms with Gasteiger partial charge >= 0.3 is 5.97 Å². The van der Waals surface area contributed by atoms with Gasteiger partial charge in [0.25, 0.3) is 0 Å². The predicted molar refractivity (Wildman–Crippen MR) is 77.4 cm³/mol. The van der Waals surface area contributed by atoms with Gasteiger partial charge in [-0.15, -0.1) is 22.7 Å². The first-order valence-electron chi connectivity index (χ1n) is 5.94. The lowest BCUT2D eigenvalue weighted by atomic mass is 10.3. The van der Waals surface area contributed by atoms with Crippen LogP contribution in [0.25, 0.3) is 0 Å². The minimum Gasteiger partial charge on any atom is -0.469 e. The summed E-state index contributed by atoms with van der Waals surface area (Å²) < 4.78 is 4.65. The monoisotopic (exact) mass is 296 g/mol. The highest BCUT2D eigenvalue weighted by molar-refractivity contribution is 7.12. The van der Waals surface area contributed by atoms with E-state index in [1.54, 1.807) is 22.7 Å². The van der Waals surface area contributed by atoms with Gasteiger partial charge in [0, 0.05) is 33.9 Å². The van der Waals surface area contributed by atoms with Gasteiger partial charge in [0.05, 0.1) is 18.5 Å². The number of hydrogen-bond acceptors (Lipinski definition) is 6. The van der Waals surface area contributed by atoms with Crippen LogP contribution in [-0.4, -0.2) is 18.1 Å². The van der Waals surface area contributed by atoms with Crippen molar-refractivity contribution in [2.75, 3.05) is 7.11 Å². The van der Waals surface area contributed by atoms with Crippen molar-refractivity contribution in [1.82, 2.24) is 10.3 Å². The molecular weight excluding hydrogens is 280 g/mol. The van der Waals surface area contributed by atoms with Gasteiger partial charge in [-0.3, -0.25) is 4.79 Å². The quantitative estimate of drug-likeness (QED) is 0.832. The van der Waals surface area contributed by atoms with E-state index in [1.807, 2.05) is 25.3 Å². The number of thiazole rings is 1. The average Bonchev–Trinajstić information content (AvgIpc) is 2.99. The lowest BCUT2D eigenvalue weighted by Gasteiger charge is -1.99. The van der Waals surface area contributed by atoms with Crippen molar-refractivity contribution in [3.63, 3.8) is 0 Å². The van der Waals surface area contributed by atoms with Crippen molar-refractivity contribution in [1.29, 1.82) is 0 Å². The van der Waals surface area contributed by atoms with Gasteiger partial charge in [0.1, 0.15) is 0 Å². The number of carbonyl (C=O) groups is 1. The molecule has 2 aromatic heterocycles. The number of nitrogens with zero attached hydrogens (tertiary/aromatic N) is 1. The molecule has 2 aromatic rings. The van der Waals surface area contributed by atoms with E-state index in [0.29, 0.717) is 6.42 Å². The van der Waals surface area contributed by atoms with Crippen molar-refractivity contribution in [3.05, 3.63) is 38.0 Å². The van der Waals surface area contributed by atoms with Gasteiger partial charge < -0.3 is 10.1 Å². The largest absolute Gasteiger partial charge is 0.469 e. The van der Waals surface area contributed by atoms with Gasteiger partial charge in [-0.05, 0) is 19.1 Å². The molecule has 0 unspecified atom stereocenters. The summed E-state index contributed by atoms with van der Waals surface area (Å²) in [5.41, 5.74) is 0. The molecule has 2 heterocycles. The topological polar surface area (TPSA) is 51.2 Å². The third kappa shape index (κ3) is 4.41. The fourth-order valence-corrected chi connectivity index (χ4v) is 3.36. The van der Waals surface area contributed by atoms with Crippen LogP contribution in [0.2, 0.25) is 0 Å². The molecule has 102 valence electrons. The number of rotatable bonds is 6. The summed E-state index contributed by atoms with van der Waals surface area (Å²) in [6, 6.07) is 4.03. The average molecular weight is 296 g/mol. The Morgan fingerprint density at radius 1 is 1.26 bits per heavy atom. The Labute approximate surface area is 120 Å². The summed E-state index contributed by atoms with van der Waals surface area (Å²) in [6.07, 6.45) is 2.26. The van der Waals surface area contributed by atoms with Gasteiger partial charge in [-0.25, -0.2) is 4.98 Å². The molecule has 0 fully saturated rings. The molecule has 4 nitrogen and oxygen atoms in total. The van der Waals surface area contributed by atoms with Gasteiger partial charge in [0.2, 0.25) is 0 Å². The summed E-state index contributed by atoms with van der Waals surface area (Å²) in [7, 11) is 1.41. The molecule has 0 aliphatic carbocycles. The molecule has 19 heavy (non-hydrogen) atoms. The van der Waals surface area contributed by atoms with Crippen LogP contribution in [0.15, 0.2) is 18.3 Å². The molecule has 0 aliphatic heterocycles. The van der Waals surface area contributed by atoms with Crippen LogP contribution in [-0.2, 0) is 29.0 Å². The Balaban J connectivity index is 1.78. The molecule has 0 saturated heterocycles. The third-order valence-electron chi connectivity index (χ3n) is 2.53. The van der Waals surface area contributed by atoms with Crippen LogP contribution < -0.4 is 5.32 Å². The number of aromatic nitrogens is 1. The zero-order valence-electron chi connectivity index (χ0n) is 10.9. The van der Waals surface area contributed by atoms with E-state index in [9.17, 15) is 4.79 Å². The first-order chi connectivity index (χ1) is 9.17. The Hall–Kier alpha value is -1.24. The van der Waals surface area contributed by atoms with E-state index >= 15 is 0 Å². The lowest BCUT2D eigenvalue weighted by Crippen LogP contribution is -2.10. The highest BCUT2D eigenvalue weighted by Gasteiger charge is 2.06. The summed E-state index contributed by atoms with van der Waals surface area (Å²) in [4.78, 5) is 18.9. The van der Waals surface area contributed by atoms with E-state index in [0.717, 1.165) is 23.0 Å². The minimum atomic E-state index is -0.193. The fourth-order valence-electron chi connectivity index (χ4n) is 1.62. The summed E-state index contributed by atoms with van der Waals surface area (Å²) in [6.45, 7) is 3.64. The fraction of sp³-hybridized carbons (Fsp3) is 0.385. The number of nitrogens with one attached hydrogen (secondary N) is 1. The van der Waals surface area contributed by atoms with Crippen LogP contribution in [0, 0.1) is 6.92 Å². The second-order valence-electron chi connectivity index (χ2n) is 4.07. The van der Waals surface area contributed by atoms with E-state index in [2.05, 4.69) is 15.0 Å². The molecule has 0 amide bonds.